The molecular formula is C13H15BrFNO. The van der Waals surface area contributed by atoms with Crippen LogP contribution in [-0.4, -0.2) is 17.3 Å². The second-order valence-electron chi connectivity index (χ2n) is 4.52. The van der Waals surface area contributed by atoms with E-state index in [0.29, 0.717) is 28.4 Å². The normalized spacial score (nSPS) is 16.6. The van der Waals surface area contributed by atoms with Gasteiger partial charge < -0.3 is 5.32 Å². The Morgan fingerprint density at radius 3 is 2.88 bits per heavy atom. The Balaban J connectivity index is 1.94. The van der Waals surface area contributed by atoms with Crippen LogP contribution in [0.3, 0.4) is 0 Å². The Morgan fingerprint density at radius 1 is 1.59 bits per heavy atom. The van der Waals surface area contributed by atoms with Crippen LogP contribution in [-0.2, 0) is 0 Å². The third kappa shape index (κ3) is 3.28. The van der Waals surface area contributed by atoms with E-state index in [0.717, 1.165) is 0 Å². The summed E-state index contributed by atoms with van der Waals surface area (Å²) < 4.78 is 12.9. The van der Waals surface area contributed by atoms with Crippen molar-refractivity contribution < 1.29 is 9.18 Å². The van der Waals surface area contributed by atoms with Crippen LogP contribution in [0.15, 0.2) is 18.2 Å². The molecule has 0 aromatic heterocycles. The maximum Gasteiger partial charge on any atom is 0.251 e. The Hall–Kier alpha value is -0.900. The van der Waals surface area contributed by atoms with Crippen LogP contribution >= 0.6 is 15.9 Å². The van der Waals surface area contributed by atoms with E-state index in [1.807, 2.05) is 0 Å². The highest BCUT2D eigenvalue weighted by atomic mass is 79.9. The number of alkyl halides is 1. The van der Waals surface area contributed by atoms with Crippen molar-refractivity contribution in [3.8, 4) is 0 Å². The van der Waals surface area contributed by atoms with Crippen molar-refractivity contribution >= 4 is 21.8 Å². The summed E-state index contributed by atoms with van der Waals surface area (Å²) in [6.45, 7) is 2.37. The molecule has 1 N–H and O–H groups in total. The van der Waals surface area contributed by atoms with Crippen LogP contribution in [0.5, 0.6) is 0 Å². The van der Waals surface area contributed by atoms with E-state index in [-0.39, 0.29) is 11.7 Å². The Labute approximate surface area is 109 Å². The minimum atomic E-state index is -0.310. The van der Waals surface area contributed by atoms with Gasteiger partial charge in [-0.15, -0.1) is 0 Å². The summed E-state index contributed by atoms with van der Waals surface area (Å²) in [5, 5.41) is 2.87. The van der Waals surface area contributed by atoms with Crippen molar-refractivity contribution in [2.75, 3.05) is 6.54 Å². The molecule has 1 amide bonds. The first-order valence-corrected chi connectivity index (χ1v) is 6.68. The molecule has 1 aliphatic carbocycles. The molecule has 1 unspecified atom stereocenters. The summed E-state index contributed by atoms with van der Waals surface area (Å²) in [7, 11) is 0. The summed E-state index contributed by atoms with van der Waals surface area (Å²) in [6.07, 6.45) is 2.47. The predicted octanol–water partition coefficient (Wildman–Crippen LogP) is 3.04. The molecule has 0 bridgehead atoms. The second-order valence-corrected chi connectivity index (χ2v) is 5.70. The van der Waals surface area contributed by atoms with Crippen molar-refractivity contribution in [2.24, 2.45) is 5.92 Å². The van der Waals surface area contributed by atoms with Crippen LogP contribution < -0.4 is 5.32 Å². The smallest absolute Gasteiger partial charge is 0.251 e. The second kappa shape index (κ2) is 5.17. The molecule has 0 radical (unpaired) electrons. The fourth-order valence-corrected chi connectivity index (χ4v) is 2.48. The standard InChI is InChI=1S/C13H15BrFNO/c1-8-6-10(15)4-5-11(8)13(17)16-7-12(14)9-2-3-9/h4-6,9,12H,2-3,7H2,1H3,(H,16,17). The Kier molecular flexibility index (Phi) is 3.82. The fraction of sp³-hybridized carbons (Fsp3) is 0.462. The van der Waals surface area contributed by atoms with Crippen LogP contribution in [0.25, 0.3) is 0 Å². The van der Waals surface area contributed by atoms with Crippen molar-refractivity contribution in [3.63, 3.8) is 0 Å². The molecule has 1 atom stereocenters. The topological polar surface area (TPSA) is 29.1 Å². The monoisotopic (exact) mass is 299 g/mol. The molecule has 1 fully saturated rings. The number of rotatable bonds is 4. The first-order chi connectivity index (χ1) is 8.08. The molecule has 2 nitrogen and oxygen atoms in total. The van der Waals surface area contributed by atoms with Gasteiger partial charge in [-0.3, -0.25) is 4.79 Å². The van der Waals surface area contributed by atoms with Gasteiger partial charge in [-0.2, -0.15) is 0 Å². The van der Waals surface area contributed by atoms with E-state index in [2.05, 4.69) is 21.2 Å². The molecule has 2 rings (SSSR count). The largest absolute Gasteiger partial charge is 0.351 e. The molecule has 4 heteroatoms. The molecule has 1 aromatic carbocycles. The molecule has 0 heterocycles. The van der Waals surface area contributed by atoms with Gasteiger partial charge in [0.05, 0.1) is 0 Å². The molecule has 92 valence electrons. The highest BCUT2D eigenvalue weighted by Gasteiger charge is 2.29. The number of nitrogens with one attached hydrogen (secondary N) is 1. The van der Waals surface area contributed by atoms with Crippen LogP contribution in [0.2, 0.25) is 0 Å². The number of benzene rings is 1. The quantitative estimate of drug-likeness (QED) is 0.851. The van der Waals surface area contributed by atoms with Crippen molar-refractivity contribution in [1.29, 1.82) is 0 Å². The zero-order valence-electron chi connectivity index (χ0n) is 9.67. The van der Waals surface area contributed by atoms with Crippen LogP contribution in [0.1, 0.15) is 28.8 Å². The fourth-order valence-electron chi connectivity index (χ4n) is 1.79. The van der Waals surface area contributed by atoms with Gasteiger partial charge in [-0.05, 0) is 49.4 Å². The van der Waals surface area contributed by atoms with Gasteiger partial charge in [0.1, 0.15) is 5.82 Å². The maximum absolute atomic E-state index is 12.9. The number of carbonyl (C=O) groups is 1. The van der Waals surface area contributed by atoms with Crippen molar-refractivity contribution in [3.05, 3.63) is 35.1 Å². The lowest BCUT2D eigenvalue weighted by Crippen LogP contribution is -2.30. The molecule has 1 saturated carbocycles. The number of halogens is 2. The Morgan fingerprint density at radius 2 is 2.29 bits per heavy atom. The molecule has 1 aromatic rings. The van der Waals surface area contributed by atoms with Gasteiger partial charge in [-0.25, -0.2) is 4.39 Å². The first kappa shape index (κ1) is 12.6. The van der Waals surface area contributed by atoms with Crippen molar-refractivity contribution in [1.82, 2.24) is 5.32 Å². The number of hydrogen-bond donors (Lipinski definition) is 1. The zero-order valence-corrected chi connectivity index (χ0v) is 11.3. The van der Waals surface area contributed by atoms with Gasteiger partial charge in [0, 0.05) is 16.9 Å². The lowest BCUT2D eigenvalue weighted by molar-refractivity contribution is 0.0953. The summed E-state index contributed by atoms with van der Waals surface area (Å²) in [6, 6.07) is 4.22. The third-order valence-electron chi connectivity index (χ3n) is 3.02. The summed E-state index contributed by atoms with van der Waals surface area (Å²) in [4.78, 5) is 12.2. The van der Waals surface area contributed by atoms with E-state index >= 15 is 0 Å². The third-order valence-corrected chi connectivity index (χ3v) is 4.10. The first-order valence-electron chi connectivity index (χ1n) is 5.76. The van der Waals surface area contributed by atoms with Gasteiger partial charge >= 0.3 is 0 Å². The number of amides is 1. The van der Waals surface area contributed by atoms with Gasteiger partial charge in [0.25, 0.3) is 5.91 Å². The molecule has 1 aliphatic rings. The Bertz CT molecular complexity index is 431. The molecule has 0 spiro atoms. The SMILES string of the molecule is Cc1cc(F)ccc1C(=O)NCC(Br)C1CC1. The number of aryl methyl sites for hydroxylation is 1. The van der Waals surface area contributed by atoms with E-state index in [1.165, 1.54) is 31.0 Å². The van der Waals surface area contributed by atoms with E-state index in [4.69, 9.17) is 0 Å². The lowest BCUT2D eigenvalue weighted by Gasteiger charge is -2.11. The molecular weight excluding hydrogens is 285 g/mol. The van der Waals surface area contributed by atoms with Crippen molar-refractivity contribution in [2.45, 2.75) is 24.6 Å². The van der Waals surface area contributed by atoms with Crippen LogP contribution in [0.4, 0.5) is 4.39 Å². The minimum absolute atomic E-state index is 0.132. The zero-order chi connectivity index (χ0) is 12.4. The summed E-state index contributed by atoms with van der Waals surface area (Å²) in [5.41, 5.74) is 1.21. The summed E-state index contributed by atoms with van der Waals surface area (Å²) >= 11 is 3.56. The predicted molar refractivity (Wildman–Crippen MR) is 68.9 cm³/mol. The number of hydrogen-bond acceptors (Lipinski definition) is 1. The average Bonchev–Trinajstić information content (AvgIpc) is 3.09. The van der Waals surface area contributed by atoms with Crippen LogP contribution in [0, 0.1) is 18.7 Å². The van der Waals surface area contributed by atoms with Gasteiger partial charge in [-0.1, -0.05) is 15.9 Å². The highest BCUT2D eigenvalue weighted by molar-refractivity contribution is 9.09. The minimum Gasteiger partial charge on any atom is -0.351 e. The van der Waals surface area contributed by atoms with E-state index < -0.39 is 0 Å². The van der Waals surface area contributed by atoms with E-state index in [1.54, 1.807) is 6.92 Å². The molecule has 0 aliphatic heterocycles. The van der Waals surface area contributed by atoms with Gasteiger partial charge in [0.15, 0.2) is 0 Å². The lowest BCUT2D eigenvalue weighted by atomic mass is 10.1. The maximum atomic E-state index is 12.9. The average molecular weight is 300 g/mol. The summed E-state index contributed by atoms with van der Waals surface area (Å²) in [5.74, 6) is 0.257. The molecule has 0 saturated heterocycles. The van der Waals surface area contributed by atoms with Gasteiger partial charge in [0.2, 0.25) is 0 Å². The van der Waals surface area contributed by atoms with E-state index in [9.17, 15) is 9.18 Å². The number of carbonyl (C=O) groups excluding carboxylic acids is 1. The molecule has 17 heavy (non-hydrogen) atoms. The highest BCUT2D eigenvalue weighted by Crippen LogP contribution is 2.36.